The topological polar surface area (TPSA) is 66.6 Å². The molecular weight excluding hydrogens is 180 g/mol. The first kappa shape index (κ1) is 9.93. The van der Waals surface area contributed by atoms with Gasteiger partial charge in [0.05, 0.1) is 0 Å². The molecule has 0 aromatic carbocycles. The molecule has 4 nitrogen and oxygen atoms in total. The molecule has 2 heterocycles. The molecule has 4 heteroatoms. The van der Waals surface area contributed by atoms with Gasteiger partial charge < -0.3 is 10.8 Å². The lowest BCUT2D eigenvalue weighted by Gasteiger charge is -2.47. The van der Waals surface area contributed by atoms with Crippen molar-refractivity contribution in [2.24, 2.45) is 11.7 Å². The van der Waals surface area contributed by atoms with Gasteiger partial charge >= 0.3 is 5.97 Å². The summed E-state index contributed by atoms with van der Waals surface area (Å²) in [5.74, 6) is -0.0477. The maximum Gasteiger partial charge on any atom is 0.322 e. The molecule has 1 saturated carbocycles. The Morgan fingerprint density at radius 1 is 1.43 bits per heavy atom. The number of nitrogens with two attached hydrogens (primary N) is 1. The van der Waals surface area contributed by atoms with Crippen molar-refractivity contribution in [1.29, 1.82) is 0 Å². The summed E-state index contributed by atoms with van der Waals surface area (Å²) in [4.78, 5) is 13.1. The smallest absolute Gasteiger partial charge is 0.322 e. The Bertz CT molecular complexity index is 224. The predicted molar refractivity (Wildman–Crippen MR) is 52.9 cm³/mol. The molecule has 2 bridgehead atoms. The van der Waals surface area contributed by atoms with Crippen molar-refractivity contribution in [2.45, 2.75) is 37.8 Å². The molecule has 0 spiro atoms. The summed E-state index contributed by atoms with van der Waals surface area (Å²) in [6, 6.07) is 0.0211. The molecule has 0 aromatic rings. The first-order chi connectivity index (χ1) is 6.72. The lowest BCUT2D eigenvalue weighted by Crippen LogP contribution is -2.57. The minimum absolute atomic E-state index is 0.235. The van der Waals surface area contributed by atoms with Crippen LogP contribution in [0.3, 0.4) is 0 Å². The van der Waals surface area contributed by atoms with E-state index < -0.39 is 12.0 Å². The summed E-state index contributed by atoms with van der Waals surface area (Å²) in [5, 5.41) is 9.03. The van der Waals surface area contributed by atoms with Gasteiger partial charge in [-0.05, 0) is 31.6 Å². The fourth-order valence-corrected chi connectivity index (χ4v) is 2.87. The average molecular weight is 198 g/mol. The number of carboxylic acids is 1. The third-order valence-corrected chi connectivity index (χ3v) is 3.66. The van der Waals surface area contributed by atoms with Crippen LogP contribution in [0, 0.1) is 5.92 Å². The molecule has 1 unspecified atom stereocenters. The van der Waals surface area contributed by atoms with Gasteiger partial charge in [-0.25, -0.2) is 0 Å². The standard InChI is InChI=1S/C10H18N2O2/c11-5-9(10(13)14)12-6-7-1-3-8(12)4-2-7/h7-9H,1-6,11H2,(H,13,14). The van der Waals surface area contributed by atoms with Crippen molar-refractivity contribution < 1.29 is 9.90 Å². The summed E-state index contributed by atoms with van der Waals surface area (Å²) < 4.78 is 0. The van der Waals surface area contributed by atoms with Gasteiger partial charge in [0.25, 0.3) is 0 Å². The van der Waals surface area contributed by atoms with Crippen LogP contribution in [0.5, 0.6) is 0 Å². The van der Waals surface area contributed by atoms with E-state index in [9.17, 15) is 4.79 Å². The number of carbonyl (C=O) groups is 1. The minimum atomic E-state index is -0.764. The number of nitrogens with zero attached hydrogens (tertiary/aromatic N) is 1. The van der Waals surface area contributed by atoms with Gasteiger partial charge in [-0.1, -0.05) is 0 Å². The monoisotopic (exact) mass is 198 g/mol. The molecule has 2 aliphatic heterocycles. The van der Waals surface area contributed by atoms with Crippen molar-refractivity contribution in [1.82, 2.24) is 4.90 Å². The van der Waals surface area contributed by atoms with Gasteiger partial charge in [0.1, 0.15) is 6.04 Å². The number of piperidine rings is 2. The second kappa shape index (κ2) is 3.87. The maximum absolute atomic E-state index is 11.0. The van der Waals surface area contributed by atoms with E-state index in [0.29, 0.717) is 12.0 Å². The van der Waals surface area contributed by atoms with Gasteiger partial charge in [-0.15, -0.1) is 0 Å². The Labute approximate surface area is 84.1 Å². The molecule has 0 amide bonds. The predicted octanol–water partition coefficient (Wildman–Crippen LogP) is 0.273. The van der Waals surface area contributed by atoms with Gasteiger partial charge in [-0.3, -0.25) is 9.69 Å². The Morgan fingerprint density at radius 2 is 2.07 bits per heavy atom. The SMILES string of the molecule is NCC(C(=O)O)N1CC2CCC1CC2. The number of fused-ring (bicyclic) bond motifs is 3. The normalized spacial score (nSPS) is 34.4. The molecule has 3 rings (SSSR count). The van der Waals surface area contributed by atoms with E-state index in [1.807, 2.05) is 0 Å². The van der Waals surface area contributed by atoms with Crippen LogP contribution in [-0.4, -0.2) is 41.1 Å². The molecular formula is C10H18N2O2. The van der Waals surface area contributed by atoms with Gasteiger partial charge in [-0.2, -0.15) is 0 Å². The molecule has 3 aliphatic rings. The lowest BCUT2D eigenvalue weighted by atomic mass is 9.79. The number of hydrogen-bond acceptors (Lipinski definition) is 3. The van der Waals surface area contributed by atoms with E-state index in [-0.39, 0.29) is 6.54 Å². The number of hydrogen-bond donors (Lipinski definition) is 2. The maximum atomic E-state index is 11.0. The number of aliphatic carboxylic acids is 1. The highest BCUT2D eigenvalue weighted by atomic mass is 16.4. The van der Waals surface area contributed by atoms with Crippen molar-refractivity contribution in [3.05, 3.63) is 0 Å². The Hall–Kier alpha value is -0.610. The summed E-state index contributed by atoms with van der Waals surface area (Å²) in [7, 11) is 0. The highest BCUT2D eigenvalue weighted by Gasteiger charge is 2.39. The average Bonchev–Trinajstić information content (AvgIpc) is 2.20. The van der Waals surface area contributed by atoms with Gasteiger partial charge in [0, 0.05) is 19.1 Å². The molecule has 3 N–H and O–H groups in total. The quantitative estimate of drug-likeness (QED) is 0.683. The summed E-state index contributed by atoms with van der Waals surface area (Å²) >= 11 is 0. The minimum Gasteiger partial charge on any atom is -0.480 e. The van der Waals surface area contributed by atoms with Crippen molar-refractivity contribution in [3.63, 3.8) is 0 Å². The fraction of sp³-hybridized carbons (Fsp3) is 0.900. The van der Waals surface area contributed by atoms with E-state index in [4.69, 9.17) is 10.8 Å². The molecule has 2 saturated heterocycles. The first-order valence-corrected chi connectivity index (χ1v) is 5.41. The van der Waals surface area contributed by atoms with Crippen LogP contribution in [-0.2, 0) is 4.79 Å². The molecule has 1 atom stereocenters. The highest BCUT2D eigenvalue weighted by Crippen LogP contribution is 2.35. The van der Waals surface area contributed by atoms with Crippen LogP contribution in [0.15, 0.2) is 0 Å². The summed E-state index contributed by atoms with van der Waals surface area (Å²) in [6.07, 6.45) is 4.87. The largest absolute Gasteiger partial charge is 0.480 e. The third kappa shape index (κ3) is 1.64. The van der Waals surface area contributed by atoms with Crippen LogP contribution >= 0.6 is 0 Å². The number of rotatable bonds is 3. The molecule has 3 fully saturated rings. The molecule has 14 heavy (non-hydrogen) atoms. The molecule has 0 radical (unpaired) electrons. The van der Waals surface area contributed by atoms with E-state index in [0.717, 1.165) is 19.4 Å². The first-order valence-electron chi connectivity index (χ1n) is 5.41. The third-order valence-electron chi connectivity index (χ3n) is 3.66. The summed E-state index contributed by atoms with van der Waals surface area (Å²) in [6.45, 7) is 1.18. The molecule has 0 aromatic heterocycles. The van der Waals surface area contributed by atoms with Crippen LogP contribution in [0.2, 0.25) is 0 Å². The summed E-state index contributed by atoms with van der Waals surface area (Å²) in [5.41, 5.74) is 5.51. The fourth-order valence-electron chi connectivity index (χ4n) is 2.87. The van der Waals surface area contributed by atoms with Crippen molar-refractivity contribution in [2.75, 3.05) is 13.1 Å². The zero-order chi connectivity index (χ0) is 10.1. The van der Waals surface area contributed by atoms with Gasteiger partial charge in [0.2, 0.25) is 0 Å². The second-order valence-corrected chi connectivity index (χ2v) is 4.46. The van der Waals surface area contributed by atoms with E-state index >= 15 is 0 Å². The van der Waals surface area contributed by atoms with Crippen LogP contribution < -0.4 is 5.73 Å². The Balaban J connectivity index is 2.06. The van der Waals surface area contributed by atoms with Crippen LogP contribution in [0.1, 0.15) is 25.7 Å². The zero-order valence-electron chi connectivity index (χ0n) is 8.35. The van der Waals surface area contributed by atoms with Gasteiger partial charge in [0.15, 0.2) is 0 Å². The van der Waals surface area contributed by atoms with Crippen LogP contribution in [0.25, 0.3) is 0 Å². The van der Waals surface area contributed by atoms with E-state index in [1.54, 1.807) is 0 Å². The second-order valence-electron chi connectivity index (χ2n) is 4.46. The van der Waals surface area contributed by atoms with Crippen molar-refractivity contribution >= 4 is 5.97 Å². The van der Waals surface area contributed by atoms with Crippen LogP contribution in [0.4, 0.5) is 0 Å². The zero-order valence-corrected chi connectivity index (χ0v) is 8.35. The molecule has 80 valence electrons. The van der Waals surface area contributed by atoms with Crippen molar-refractivity contribution in [3.8, 4) is 0 Å². The molecule has 1 aliphatic carbocycles. The Kier molecular flexibility index (Phi) is 2.74. The van der Waals surface area contributed by atoms with E-state index in [2.05, 4.69) is 4.90 Å². The highest BCUT2D eigenvalue weighted by molar-refractivity contribution is 5.73. The number of carboxylic acid groups (broad SMARTS) is 1. The van der Waals surface area contributed by atoms with E-state index in [1.165, 1.54) is 12.8 Å². The lowest BCUT2D eigenvalue weighted by molar-refractivity contribution is -0.146. The Morgan fingerprint density at radius 3 is 2.43 bits per heavy atom.